The number of methoxy groups -OCH3 is 1. The predicted molar refractivity (Wildman–Crippen MR) is 82.6 cm³/mol. The van der Waals surface area contributed by atoms with E-state index in [9.17, 15) is 14.9 Å². The van der Waals surface area contributed by atoms with Crippen LogP contribution in [0.3, 0.4) is 0 Å². The summed E-state index contributed by atoms with van der Waals surface area (Å²) in [5, 5.41) is 14.2. The molecule has 0 radical (unpaired) electrons. The Balaban J connectivity index is 0.00000176. The molecule has 22 heavy (non-hydrogen) atoms. The van der Waals surface area contributed by atoms with Crippen molar-refractivity contribution in [2.24, 2.45) is 11.8 Å². The van der Waals surface area contributed by atoms with Crippen LogP contribution in [0.25, 0.3) is 0 Å². The van der Waals surface area contributed by atoms with Crippen molar-refractivity contribution in [2.75, 3.05) is 33.3 Å². The zero-order valence-corrected chi connectivity index (χ0v) is 13.0. The first-order chi connectivity index (χ1) is 10.1. The molecule has 1 aromatic carbocycles. The SMILES string of the molecule is COc1cc(C(=O)N2C[C@H]3CNC[C@H]3C2)ccc1[N+](=O)[O-].Cl. The summed E-state index contributed by atoms with van der Waals surface area (Å²) in [5.74, 6) is 1.08. The van der Waals surface area contributed by atoms with Crippen LogP contribution >= 0.6 is 12.4 Å². The number of likely N-dealkylation sites (tertiary alicyclic amines) is 1. The summed E-state index contributed by atoms with van der Waals surface area (Å²) in [6, 6.07) is 4.27. The predicted octanol–water partition coefficient (Wildman–Crippen LogP) is 1.32. The summed E-state index contributed by atoms with van der Waals surface area (Å²) in [4.78, 5) is 24.7. The van der Waals surface area contributed by atoms with Crippen LogP contribution in [-0.2, 0) is 0 Å². The zero-order valence-electron chi connectivity index (χ0n) is 12.2. The number of nitrogens with zero attached hydrogens (tertiary/aromatic N) is 2. The molecule has 3 rings (SSSR count). The van der Waals surface area contributed by atoms with Crippen molar-refractivity contribution >= 4 is 24.0 Å². The molecular weight excluding hydrogens is 310 g/mol. The number of amides is 1. The molecule has 7 nitrogen and oxygen atoms in total. The van der Waals surface area contributed by atoms with Gasteiger partial charge in [-0.3, -0.25) is 14.9 Å². The van der Waals surface area contributed by atoms with Gasteiger partial charge in [0.1, 0.15) is 0 Å². The lowest BCUT2D eigenvalue weighted by atomic mass is 10.0. The summed E-state index contributed by atoms with van der Waals surface area (Å²) in [5.41, 5.74) is 0.307. The van der Waals surface area contributed by atoms with Gasteiger partial charge in [0.15, 0.2) is 5.75 Å². The monoisotopic (exact) mass is 327 g/mol. The van der Waals surface area contributed by atoms with Gasteiger partial charge >= 0.3 is 5.69 Å². The van der Waals surface area contributed by atoms with Crippen molar-refractivity contribution in [3.05, 3.63) is 33.9 Å². The highest BCUT2D eigenvalue weighted by Gasteiger charge is 2.38. The molecule has 2 saturated heterocycles. The number of nitro groups is 1. The number of hydrogen-bond acceptors (Lipinski definition) is 5. The van der Waals surface area contributed by atoms with Crippen molar-refractivity contribution in [3.8, 4) is 5.75 Å². The topological polar surface area (TPSA) is 84.7 Å². The van der Waals surface area contributed by atoms with Crippen LogP contribution in [0.5, 0.6) is 5.75 Å². The largest absolute Gasteiger partial charge is 0.490 e. The lowest BCUT2D eigenvalue weighted by molar-refractivity contribution is -0.385. The fourth-order valence-corrected chi connectivity index (χ4v) is 3.17. The van der Waals surface area contributed by atoms with Gasteiger partial charge in [0, 0.05) is 43.9 Å². The van der Waals surface area contributed by atoms with Crippen molar-refractivity contribution in [3.63, 3.8) is 0 Å². The van der Waals surface area contributed by atoms with Gasteiger partial charge in [0.05, 0.1) is 12.0 Å². The van der Waals surface area contributed by atoms with Crippen molar-refractivity contribution in [1.82, 2.24) is 10.2 Å². The molecule has 0 saturated carbocycles. The first-order valence-electron chi connectivity index (χ1n) is 6.92. The normalized spacial score (nSPS) is 22.9. The number of carbonyl (C=O) groups excluding carboxylic acids is 1. The quantitative estimate of drug-likeness (QED) is 0.668. The molecule has 0 aliphatic carbocycles. The van der Waals surface area contributed by atoms with Crippen molar-refractivity contribution in [2.45, 2.75) is 0 Å². The highest BCUT2D eigenvalue weighted by Crippen LogP contribution is 2.31. The van der Waals surface area contributed by atoms with Crippen molar-refractivity contribution in [1.29, 1.82) is 0 Å². The van der Waals surface area contributed by atoms with E-state index in [2.05, 4.69) is 5.32 Å². The van der Waals surface area contributed by atoms with Gasteiger partial charge in [-0.1, -0.05) is 0 Å². The number of rotatable bonds is 3. The molecule has 2 heterocycles. The van der Waals surface area contributed by atoms with E-state index < -0.39 is 4.92 Å². The molecule has 120 valence electrons. The Morgan fingerprint density at radius 1 is 1.36 bits per heavy atom. The second kappa shape index (κ2) is 6.50. The van der Waals surface area contributed by atoms with Gasteiger partial charge in [-0.25, -0.2) is 0 Å². The maximum Gasteiger partial charge on any atom is 0.310 e. The molecule has 2 aliphatic rings. The van der Waals surface area contributed by atoms with Gasteiger partial charge in [-0.2, -0.15) is 0 Å². The maximum absolute atomic E-state index is 12.5. The average molecular weight is 328 g/mol. The van der Waals surface area contributed by atoms with Crippen LogP contribution in [0.2, 0.25) is 0 Å². The number of hydrogen-bond donors (Lipinski definition) is 1. The first-order valence-corrected chi connectivity index (χ1v) is 6.92. The molecular formula is C14H18ClN3O4. The van der Waals surface area contributed by atoms with Gasteiger partial charge in [-0.15, -0.1) is 12.4 Å². The zero-order chi connectivity index (χ0) is 15.0. The standard InChI is InChI=1S/C14H17N3O4.ClH/c1-21-13-4-9(2-3-12(13)17(19)20)14(18)16-7-10-5-15-6-11(10)8-16;/h2-4,10-11,15H,5-8H2,1H3;1H/t10-,11+;. The summed E-state index contributed by atoms with van der Waals surface area (Å²) in [7, 11) is 1.36. The molecule has 2 aliphatic heterocycles. The number of carbonyl (C=O) groups is 1. The minimum absolute atomic E-state index is 0. The molecule has 0 bridgehead atoms. The third kappa shape index (κ3) is 2.86. The van der Waals surface area contributed by atoms with E-state index in [0.717, 1.165) is 26.2 Å². The van der Waals surface area contributed by atoms with Crippen LogP contribution in [0, 0.1) is 22.0 Å². The van der Waals surface area contributed by atoms with E-state index >= 15 is 0 Å². The van der Waals surface area contributed by atoms with Gasteiger partial charge in [0.25, 0.3) is 5.91 Å². The number of nitro benzene ring substituents is 1. The highest BCUT2D eigenvalue weighted by atomic mass is 35.5. The Kier molecular flexibility index (Phi) is 4.87. The second-order valence-corrected chi connectivity index (χ2v) is 5.53. The molecule has 0 aromatic heterocycles. The Hall–Kier alpha value is -1.86. The molecule has 0 spiro atoms. The number of fused-ring (bicyclic) bond motifs is 1. The minimum Gasteiger partial charge on any atom is -0.490 e. The lowest BCUT2D eigenvalue weighted by Gasteiger charge is -2.17. The van der Waals surface area contributed by atoms with E-state index in [0.29, 0.717) is 17.4 Å². The fourth-order valence-electron chi connectivity index (χ4n) is 3.17. The van der Waals surface area contributed by atoms with E-state index in [1.165, 1.54) is 25.3 Å². The Bertz CT molecular complexity index is 583. The third-order valence-electron chi connectivity index (χ3n) is 4.30. The van der Waals surface area contributed by atoms with E-state index in [-0.39, 0.29) is 29.8 Å². The van der Waals surface area contributed by atoms with Crippen LogP contribution in [0.1, 0.15) is 10.4 Å². The molecule has 1 amide bonds. The highest BCUT2D eigenvalue weighted by molar-refractivity contribution is 5.95. The molecule has 2 fully saturated rings. The van der Waals surface area contributed by atoms with Gasteiger partial charge in [-0.05, 0) is 17.9 Å². The van der Waals surface area contributed by atoms with Crippen LogP contribution in [0.4, 0.5) is 5.69 Å². The average Bonchev–Trinajstić information content (AvgIpc) is 3.06. The van der Waals surface area contributed by atoms with E-state index in [1.807, 2.05) is 4.90 Å². The molecule has 2 atom stereocenters. The smallest absolute Gasteiger partial charge is 0.310 e. The fraction of sp³-hybridized carbons (Fsp3) is 0.500. The molecule has 1 aromatic rings. The van der Waals surface area contributed by atoms with E-state index in [1.54, 1.807) is 0 Å². The maximum atomic E-state index is 12.5. The third-order valence-corrected chi connectivity index (χ3v) is 4.30. The number of ether oxygens (including phenoxy) is 1. The van der Waals surface area contributed by atoms with Gasteiger partial charge in [0.2, 0.25) is 0 Å². The molecule has 1 N–H and O–H groups in total. The van der Waals surface area contributed by atoms with Crippen LogP contribution in [0.15, 0.2) is 18.2 Å². The Labute approximate surface area is 134 Å². The summed E-state index contributed by atoms with van der Waals surface area (Å²) in [6.45, 7) is 3.40. The van der Waals surface area contributed by atoms with E-state index in [4.69, 9.17) is 4.74 Å². The first kappa shape index (κ1) is 16.5. The second-order valence-electron chi connectivity index (χ2n) is 5.53. The Morgan fingerprint density at radius 3 is 2.55 bits per heavy atom. The molecule has 0 unspecified atom stereocenters. The Morgan fingerprint density at radius 2 is 2.00 bits per heavy atom. The van der Waals surface area contributed by atoms with Crippen LogP contribution < -0.4 is 10.1 Å². The number of nitrogens with one attached hydrogen (secondary N) is 1. The summed E-state index contributed by atoms with van der Waals surface area (Å²) in [6.07, 6.45) is 0. The summed E-state index contributed by atoms with van der Waals surface area (Å²) < 4.78 is 5.01. The number of halogens is 1. The minimum atomic E-state index is -0.515. The van der Waals surface area contributed by atoms with Crippen molar-refractivity contribution < 1.29 is 14.5 Å². The van der Waals surface area contributed by atoms with Gasteiger partial charge < -0.3 is 15.0 Å². The lowest BCUT2D eigenvalue weighted by Crippen LogP contribution is -2.31. The number of benzene rings is 1. The van der Waals surface area contributed by atoms with Crippen LogP contribution in [-0.4, -0.2) is 49.0 Å². The molecule has 8 heteroatoms. The summed E-state index contributed by atoms with van der Waals surface area (Å²) >= 11 is 0.